The largest absolute Gasteiger partial charge is 0.493 e. The number of thioether (sulfide) groups is 1. The van der Waals surface area contributed by atoms with Crippen LogP contribution in [0.5, 0.6) is 5.75 Å². The number of carbonyl (C=O) groups is 2. The van der Waals surface area contributed by atoms with Gasteiger partial charge < -0.3 is 15.2 Å². The summed E-state index contributed by atoms with van der Waals surface area (Å²) in [5.74, 6) is 0.864. The molecule has 0 spiro atoms. The minimum Gasteiger partial charge on any atom is -0.493 e. The Labute approximate surface area is 128 Å². The summed E-state index contributed by atoms with van der Waals surface area (Å²) >= 11 is 1.53. The highest BCUT2D eigenvalue weighted by atomic mass is 32.2. The molecule has 1 heterocycles. The van der Waals surface area contributed by atoms with E-state index in [1.165, 1.54) is 29.8 Å². The Morgan fingerprint density at radius 2 is 2.29 bits per heavy atom. The van der Waals surface area contributed by atoms with Crippen molar-refractivity contribution in [1.82, 2.24) is 5.32 Å². The summed E-state index contributed by atoms with van der Waals surface area (Å²) in [4.78, 5) is 21.9. The van der Waals surface area contributed by atoms with Gasteiger partial charge in [-0.15, -0.1) is 0 Å². The third kappa shape index (κ3) is 4.67. The van der Waals surface area contributed by atoms with Gasteiger partial charge in [0, 0.05) is 19.1 Å². The second kappa shape index (κ2) is 7.36. The topological polar surface area (TPSA) is 75.6 Å². The number of hydrogen-bond acceptors (Lipinski definition) is 4. The highest BCUT2D eigenvalue weighted by Crippen LogP contribution is 2.26. The van der Waals surface area contributed by atoms with Crippen molar-refractivity contribution in [3.63, 3.8) is 0 Å². The molecule has 21 heavy (non-hydrogen) atoms. The zero-order valence-corrected chi connectivity index (χ0v) is 12.7. The number of rotatable bonds is 7. The molecule has 0 unspecified atom stereocenters. The predicted octanol–water partition coefficient (Wildman–Crippen LogP) is 1.49. The highest BCUT2D eigenvalue weighted by Gasteiger charge is 2.18. The normalized spacial score (nSPS) is 14.1. The van der Waals surface area contributed by atoms with Crippen LogP contribution in [0.2, 0.25) is 0 Å². The van der Waals surface area contributed by atoms with Crippen molar-refractivity contribution in [2.75, 3.05) is 18.1 Å². The molecular formula is C15H19NO4S. The van der Waals surface area contributed by atoms with Crippen molar-refractivity contribution in [1.29, 1.82) is 0 Å². The fraction of sp³-hybridized carbons (Fsp3) is 0.467. The highest BCUT2D eigenvalue weighted by molar-refractivity contribution is 7.99. The van der Waals surface area contributed by atoms with Crippen LogP contribution >= 0.6 is 11.8 Å². The third-order valence-corrected chi connectivity index (χ3v) is 4.31. The summed E-state index contributed by atoms with van der Waals surface area (Å²) in [6.45, 7) is 2.08. The van der Waals surface area contributed by atoms with Gasteiger partial charge in [0.25, 0.3) is 0 Å². The first kappa shape index (κ1) is 15.7. The number of ether oxygens (including phenoxy) is 1. The first-order valence-corrected chi connectivity index (χ1v) is 8.04. The summed E-state index contributed by atoms with van der Waals surface area (Å²) < 4.78 is 5.46. The number of amides is 1. The lowest BCUT2D eigenvalue weighted by atomic mass is 10.1. The maximum absolute atomic E-state index is 11.0. The van der Waals surface area contributed by atoms with Crippen molar-refractivity contribution < 1.29 is 19.4 Å². The van der Waals surface area contributed by atoms with E-state index in [4.69, 9.17) is 9.84 Å². The van der Waals surface area contributed by atoms with E-state index >= 15 is 0 Å². The molecule has 0 aliphatic carbocycles. The van der Waals surface area contributed by atoms with E-state index in [-0.39, 0.29) is 5.91 Å². The zero-order chi connectivity index (χ0) is 15.2. The summed E-state index contributed by atoms with van der Waals surface area (Å²) in [6, 6.07) is 5.39. The van der Waals surface area contributed by atoms with E-state index in [0.29, 0.717) is 5.75 Å². The molecule has 0 saturated carbocycles. The molecule has 0 radical (unpaired) electrons. The fourth-order valence-electron chi connectivity index (χ4n) is 2.21. The number of aryl methyl sites for hydroxylation is 1. The Morgan fingerprint density at radius 3 is 3.00 bits per heavy atom. The molecule has 2 rings (SSSR count). The number of nitrogens with one attached hydrogen (secondary N) is 1. The quantitative estimate of drug-likeness (QED) is 0.746. The molecule has 114 valence electrons. The molecule has 0 fully saturated rings. The van der Waals surface area contributed by atoms with E-state index in [2.05, 4.69) is 11.4 Å². The number of aliphatic carboxylic acids is 1. The van der Waals surface area contributed by atoms with Gasteiger partial charge in [0.15, 0.2) is 0 Å². The van der Waals surface area contributed by atoms with Crippen LogP contribution in [0.3, 0.4) is 0 Å². The van der Waals surface area contributed by atoms with Gasteiger partial charge in [0.2, 0.25) is 5.91 Å². The Morgan fingerprint density at radius 1 is 1.48 bits per heavy atom. The van der Waals surface area contributed by atoms with Gasteiger partial charge in [-0.2, -0.15) is 11.8 Å². The maximum atomic E-state index is 11.0. The van der Waals surface area contributed by atoms with Crippen molar-refractivity contribution in [2.24, 2.45) is 0 Å². The number of fused-ring (bicyclic) bond motifs is 1. The van der Waals surface area contributed by atoms with Gasteiger partial charge in [-0.3, -0.25) is 4.79 Å². The van der Waals surface area contributed by atoms with Crippen LogP contribution in [0, 0.1) is 0 Å². The lowest BCUT2D eigenvalue weighted by molar-refractivity contribution is -0.140. The summed E-state index contributed by atoms with van der Waals surface area (Å²) in [5.41, 5.74) is 2.48. The maximum Gasteiger partial charge on any atom is 0.327 e. The molecule has 6 heteroatoms. The van der Waals surface area contributed by atoms with Crippen LogP contribution in [-0.2, 0) is 22.4 Å². The minimum absolute atomic E-state index is 0.318. The van der Waals surface area contributed by atoms with Gasteiger partial charge in [-0.1, -0.05) is 12.1 Å². The van der Waals surface area contributed by atoms with Gasteiger partial charge in [0.05, 0.1) is 6.61 Å². The monoisotopic (exact) mass is 309 g/mol. The SMILES string of the molecule is CC(=O)N[C@@H](CSCCc1ccc2c(c1)CCO2)C(=O)O. The molecule has 1 aliphatic rings. The molecule has 1 amide bonds. The van der Waals surface area contributed by atoms with Crippen molar-refractivity contribution in [2.45, 2.75) is 25.8 Å². The summed E-state index contributed by atoms with van der Waals surface area (Å²) in [5, 5.41) is 11.4. The van der Waals surface area contributed by atoms with Gasteiger partial charge >= 0.3 is 5.97 Å². The van der Waals surface area contributed by atoms with E-state index in [1.807, 2.05) is 12.1 Å². The Hall–Kier alpha value is -1.69. The standard InChI is InChI=1S/C15H19NO4S/c1-10(17)16-13(15(18)19)9-21-7-5-11-2-3-14-12(8-11)4-6-20-14/h2-3,8,13H,4-7,9H2,1H3,(H,16,17)(H,18,19)/t13-/m0/s1. The molecular weight excluding hydrogens is 290 g/mol. The van der Waals surface area contributed by atoms with Crippen LogP contribution in [0.15, 0.2) is 18.2 Å². The van der Waals surface area contributed by atoms with E-state index < -0.39 is 12.0 Å². The van der Waals surface area contributed by atoms with E-state index in [0.717, 1.165) is 31.0 Å². The minimum atomic E-state index is -0.993. The molecule has 0 aromatic heterocycles. The van der Waals surface area contributed by atoms with Gasteiger partial charge in [-0.05, 0) is 29.4 Å². The van der Waals surface area contributed by atoms with E-state index in [1.54, 1.807) is 0 Å². The third-order valence-electron chi connectivity index (χ3n) is 3.25. The van der Waals surface area contributed by atoms with Crippen molar-refractivity contribution >= 4 is 23.6 Å². The smallest absolute Gasteiger partial charge is 0.327 e. The number of carboxylic acid groups (broad SMARTS) is 1. The van der Waals surface area contributed by atoms with Crippen molar-refractivity contribution in [3.05, 3.63) is 29.3 Å². The average molecular weight is 309 g/mol. The zero-order valence-electron chi connectivity index (χ0n) is 11.9. The lowest BCUT2D eigenvalue weighted by Crippen LogP contribution is -2.41. The van der Waals surface area contributed by atoms with Crippen LogP contribution in [0.25, 0.3) is 0 Å². The molecule has 0 bridgehead atoms. The first-order chi connectivity index (χ1) is 10.1. The van der Waals surface area contributed by atoms with Gasteiger partial charge in [-0.25, -0.2) is 4.79 Å². The number of carboxylic acids is 1. The Balaban J connectivity index is 1.76. The Bertz CT molecular complexity index is 532. The van der Waals surface area contributed by atoms with Crippen molar-refractivity contribution in [3.8, 4) is 5.75 Å². The van der Waals surface area contributed by atoms with Crippen LogP contribution in [-0.4, -0.2) is 41.1 Å². The second-order valence-electron chi connectivity index (χ2n) is 4.96. The molecule has 1 atom stereocenters. The molecule has 0 saturated heterocycles. The van der Waals surface area contributed by atoms with Gasteiger partial charge in [0.1, 0.15) is 11.8 Å². The second-order valence-corrected chi connectivity index (χ2v) is 6.11. The molecule has 1 aromatic carbocycles. The van der Waals surface area contributed by atoms with Crippen LogP contribution in [0.1, 0.15) is 18.1 Å². The number of hydrogen-bond donors (Lipinski definition) is 2. The van der Waals surface area contributed by atoms with Crippen LogP contribution < -0.4 is 10.1 Å². The number of benzene rings is 1. The van der Waals surface area contributed by atoms with Crippen LogP contribution in [0.4, 0.5) is 0 Å². The Kier molecular flexibility index (Phi) is 5.50. The number of carbonyl (C=O) groups excluding carboxylic acids is 1. The molecule has 5 nitrogen and oxygen atoms in total. The predicted molar refractivity (Wildman–Crippen MR) is 81.9 cm³/mol. The van der Waals surface area contributed by atoms with E-state index in [9.17, 15) is 9.59 Å². The first-order valence-electron chi connectivity index (χ1n) is 6.88. The molecule has 1 aromatic rings. The molecule has 2 N–H and O–H groups in total. The average Bonchev–Trinajstić information content (AvgIpc) is 2.89. The summed E-state index contributed by atoms with van der Waals surface area (Å²) in [7, 11) is 0. The fourth-order valence-corrected chi connectivity index (χ4v) is 3.21. The summed E-state index contributed by atoms with van der Waals surface area (Å²) in [6.07, 6.45) is 1.84. The lowest BCUT2D eigenvalue weighted by Gasteiger charge is -2.12. The molecule has 1 aliphatic heterocycles.